The van der Waals surface area contributed by atoms with Gasteiger partial charge in [0.1, 0.15) is 19.3 Å². The molecule has 3 rings (SSSR count). The van der Waals surface area contributed by atoms with E-state index in [0.29, 0.717) is 50.9 Å². The van der Waals surface area contributed by atoms with Crippen LogP contribution in [0.2, 0.25) is 0 Å². The Morgan fingerprint density at radius 1 is 1.20 bits per heavy atom. The average Bonchev–Trinajstić information content (AvgIpc) is 2.61. The number of alkyl halides is 3. The second-order valence-corrected chi connectivity index (χ2v) is 5.91. The fourth-order valence-corrected chi connectivity index (χ4v) is 2.92. The van der Waals surface area contributed by atoms with Crippen LogP contribution in [0.5, 0.6) is 11.5 Å². The van der Waals surface area contributed by atoms with Gasteiger partial charge in [0.15, 0.2) is 11.5 Å². The largest absolute Gasteiger partial charge is 0.486 e. The lowest BCUT2D eigenvalue weighted by atomic mass is 10.1. The Morgan fingerprint density at radius 3 is 2.56 bits per heavy atom. The Hall–Kier alpha value is -2.00. The third-order valence-corrected chi connectivity index (χ3v) is 4.23. The maximum absolute atomic E-state index is 13.3. The van der Waals surface area contributed by atoms with Crippen molar-refractivity contribution in [2.24, 2.45) is 0 Å². The molecule has 1 unspecified atom stereocenters. The molecule has 2 aliphatic rings. The lowest BCUT2D eigenvalue weighted by Crippen LogP contribution is -2.57. The van der Waals surface area contributed by atoms with E-state index in [1.54, 1.807) is 6.07 Å². The molecule has 1 saturated heterocycles. The van der Waals surface area contributed by atoms with E-state index in [1.165, 1.54) is 17.0 Å². The van der Waals surface area contributed by atoms with Crippen LogP contribution in [-0.2, 0) is 0 Å². The monoisotopic (exact) mass is 359 g/mol. The maximum Gasteiger partial charge on any atom is 0.405 e. The summed E-state index contributed by atoms with van der Waals surface area (Å²) in [5, 5.41) is 5.41. The van der Waals surface area contributed by atoms with Crippen LogP contribution in [0.25, 0.3) is 0 Å². The van der Waals surface area contributed by atoms with Crippen molar-refractivity contribution in [1.29, 1.82) is 0 Å². The number of fused-ring (bicyclic) bond motifs is 1. The van der Waals surface area contributed by atoms with Gasteiger partial charge < -0.3 is 20.1 Å². The van der Waals surface area contributed by atoms with Crippen molar-refractivity contribution in [1.82, 2.24) is 15.5 Å². The molecule has 2 aliphatic heterocycles. The number of nitrogens with one attached hydrogen (secondary N) is 2. The summed E-state index contributed by atoms with van der Waals surface area (Å²) in [6.45, 7) is 1.91. The molecular weight excluding hydrogens is 339 g/mol. The summed E-state index contributed by atoms with van der Waals surface area (Å²) >= 11 is 0. The summed E-state index contributed by atoms with van der Waals surface area (Å²) in [5.74, 6) is 0.381. The Balaban J connectivity index is 1.65. The standard InChI is InChI=1S/C16H20F3N3O3/c17-16(18,19)14(22-5-3-20-4-6-22)10-21-15(23)11-1-2-12-13(9-11)25-8-7-24-12/h1-2,9,14,20H,3-8,10H2,(H,21,23). The maximum atomic E-state index is 13.3. The predicted octanol–water partition coefficient (Wildman–Crippen LogP) is 1.02. The number of amides is 1. The highest BCUT2D eigenvalue weighted by atomic mass is 19.4. The van der Waals surface area contributed by atoms with Crippen molar-refractivity contribution in [3.05, 3.63) is 23.8 Å². The van der Waals surface area contributed by atoms with Crippen LogP contribution < -0.4 is 20.1 Å². The minimum absolute atomic E-state index is 0.241. The number of piperazine rings is 1. The van der Waals surface area contributed by atoms with E-state index in [-0.39, 0.29) is 5.56 Å². The number of benzene rings is 1. The summed E-state index contributed by atoms with van der Waals surface area (Å²) in [5.41, 5.74) is 0.241. The van der Waals surface area contributed by atoms with Gasteiger partial charge in [0.25, 0.3) is 5.91 Å². The zero-order valence-corrected chi connectivity index (χ0v) is 13.6. The molecule has 138 valence electrons. The molecule has 6 nitrogen and oxygen atoms in total. The summed E-state index contributed by atoms with van der Waals surface area (Å²) in [6.07, 6.45) is -4.41. The smallest absolute Gasteiger partial charge is 0.405 e. The van der Waals surface area contributed by atoms with Gasteiger partial charge in [-0.2, -0.15) is 13.2 Å². The Morgan fingerprint density at radius 2 is 1.88 bits per heavy atom. The SMILES string of the molecule is O=C(NCC(N1CCNCC1)C(F)(F)F)c1ccc2c(c1)OCCO2. The molecule has 0 radical (unpaired) electrons. The van der Waals surface area contributed by atoms with Crippen LogP contribution in [0.4, 0.5) is 13.2 Å². The van der Waals surface area contributed by atoms with Crippen molar-refractivity contribution in [3.8, 4) is 11.5 Å². The van der Waals surface area contributed by atoms with Gasteiger partial charge in [0.05, 0.1) is 0 Å². The van der Waals surface area contributed by atoms with E-state index < -0.39 is 24.7 Å². The molecule has 0 bridgehead atoms. The lowest BCUT2D eigenvalue weighted by molar-refractivity contribution is -0.183. The van der Waals surface area contributed by atoms with E-state index in [0.717, 1.165) is 0 Å². The van der Waals surface area contributed by atoms with Crippen LogP contribution in [0.1, 0.15) is 10.4 Å². The molecule has 9 heteroatoms. The Bertz CT molecular complexity index is 618. The minimum Gasteiger partial charge on any atom is -0.486 e. The van der Waals surface area contributed by atoms with E-state index in [2.05, 4.69) is 10.6 Å². The zero-order chi connectivity index (χ0) is 17.9. The van der Waals surface area contributed by atoms with Gasteiger partial charge in [-0.05, 0) is 18.2 Å². The van der Waals surface area contributed by atoms with E-state index >= 15 is 0 Å². The van der Waals surface area contributed by atoms with Crippen LogP contribution >= 0.6 is 0 Å². The van der Waals surface area contributed by atoms with Crippen LogP contribution in [-0.4, -0.2) is 69.0 Å². The number of hydrogen-bond donors (Lipinski definition) is 2. The van der Waals surface area contributed by atoms with Gasteiger partial charge in [0, 0.05) is 38.3 Å². The summed E-state index contributed by atoms with van der Waals surface area (Å²) in [7, 11) is 0. The molecule has 2 heterocycles. The van der Waals surface area contributed by atoms with E-state index in [1.807, 2.05) is 0 Å². The molecule has 0 aromatic heterocycles. The molecule has 1 atom stereocenters. The fraction of sp³-hybridized carbons (Fsp3) is 0.562. The molecule has 0 saturated carbocycles. The van der Waals surface area contributed by atoms with E-state index in [9.17, 15) is 18.0 Å². The van der Waals surface area contributed by atoms with Crippen molar-refractivity contribution < 1.29 is 27.4 Å². The molecule has 1 fully saturated rings. The number of nitrogens with zero attached hydrogens (tertiary/aromatic N) is 1. The second kappa shape index (κ2) is 7.49. The highest BCUT2D eigenvalue weighted by molar-refractivity contribution is 5.94. The average molecular weight is 359 g/mol. The van der Waals surface area contributed by atoms with Crippen molar-refractivity contribution >= 4 is 5.91 Å². The van der Waals surface area contributed by atoms with Crippen molar-refractivity contribution in [2.45, 2.75) is 12.2 Å². The highest BCUT2D eigenvalue weighted by Crippen LogP contribution is 2.31. The Kier molecular flexibility index (Phi) is 5.33. The second-order valence-electron chi connectivity index (χ2n) is 5.91. The topological polar surface area (TPSA) is 62.8 Å². The van der Waals surface area contributed by atoms with Crippen LogP contribution in [0, 0.1) is 0 Å². The summed E-state index contributed by atoms with van der Waals surface area (Å²) in [4.78, 5) is 13.6. The third-order valence-electron chi connectivity index (χ3n) is 4.23. The first kappa shape index (κ1) is 17.8. The van der Waals surface area contributed by atoms with Gasteiger partial charge in [-0.25, -0.2) is 0 Å². The molecular formula is C16H20F3N3O3. The van der Waals surface area contributed by atoms with Crippen LogP contribution in [0.3, 0.4) is 0 Å². The van der Waals surface area contributed by atoms with Gasteiger partial charge in [-0.1, -0.05) is 0 Å². The number of hydrogen-bond acceptors (Lipinski definition) is 5. The quantitative estimate of drug-likeness (QED) is 0.841. The van der Waals surface area contributed by atoms with Crippen molar-refractivity contribution in [3.63, 3.8) is 0 Å². The molecule has 0 spiro atoms. The number of ether oxygens (including phenoxy) is 2. The zero-order valence-electron chi connectivity index (χ0n) is 13.6. The van der Waals surface area contributed by atoms with Crippen LogP contribution in [0.15, 0.2) is 18.2 Å². The first-order valence-electron chi connectivity index (χ1n) is 8.14. The fourth-order valence-electron chi connectivity index (χ4n) is 2.92. The van der Waals surface area contributed by atoms with Gasteiger partial charge in [0.2, 0.25) is 0 Å². The van der Waals surface area contributed by atoms with Gasteiger partial charge >= 0.3 is 6.18 Å². The molecule has 2 N–H and O–H groups in total. The van der Waals surface area contributed by atoms with Crippen molar-refractivity contribution in [2.75, 3.05) is 45.9 Å². The summed E-state index contributed by atoms with van der Waals surface area (Å²) < 4.78 is 50.7. The normalized spacial score (nSPS) is 19.3. The van der Waals surface area contributed by atoms with E-state index in [4.69, 9.17) is 9.47 Å². The number of halogens is 3. The third kappa shape index (κ3) is 4.35. The molecule has 1 aromatic rings. The highest BCUT2D eigenvalue weighted by Gasteiger charge is 2.43. The summed E-state index contributed by atoms with van der Waals surface area (Å²) in [6, 6.07) is 2.88. The number of rotatable bonds is 4. The molecule has 0 aliphatic carbocycles. The lowest BCUT2D eigenvalue weighted by Gasteiger charge is -2.35. The first-order valence-corrected chi connectivity index (χ1v) is 8.14. The molecule has 25 heavy (non-hydrogen) atoms. The number of carbonyl (C=O) groups excluding carboxylic acids is 1. The minimum atomic E-state index is -4.41. The predicted molar refractivity (Wildman–Crippen MR) is 84.1 cm³/mol. The van der Waals surface area contributed by atoms with Gasteiger partial charge in [-0.3, -0.25) is 9.69 Å². The Labute approximate surface area is 143 Å². The number of carbonyl (C=O) groups is 1. The van der Waals surface area contributed by atoms with Gasteiger partial charge in [-0.15, -0.1) is 0 Å². The first-order chi connectivity index (χ1) is 11.9. The molecule has 1 aromatic carbocycles. The molecule has 1 amide bonds.